The molecular weight excluding hydrogens is 378 g/mol. The number of carbonyl (C=O) groups is 1. The van der Waals surface area contributed by atoms with Gasteiger partial charge in [-0.2, -0.15) is 4.98 Å². The molecule has 0 aliphatic heterocycles. The van der Waals surface area contributed by atoms with Crippen LogP contribution in [0.5, 0.6) is 5.75 Å². The van der Waals surface area contributed by atoms with Crippen molar-refractivity contribution < 1.29 is 14.1 Å². The maximum atomic E-state index is 12.1. The van der Waals surface area contributed by atoms with Crippen LogP contribution in [-0.4, -0.2) is 22.7 Å². The van der Waals surface area contributed by atoms with E-state index in [-0.39, 0.29) is 24.5 Å². The van der Waals surface area contributed by atoms with Gasteiger partial charge < -0.3 is 14.6 Å². The summed E-state index contributed by atoms with van der Waals surface area (Å²) in [5, 5.41) is 7.27. The Hall–Kier alpha value is -2.86. The van der Waals surface area contributed by atoms with Crippen LogP contribution in [-0.2, 0) is 16.8 Å². The monoisotopic (exact) mass is 399 g/mol. The average molecular weight is 400 g/mol. The lowest BCUT2D eigenvalue weighted by Crippen LogP contribution is -2.29. The van der Waals surface area contributed by atoms with Gasteiger partial charge in [-0.15, -0.1) is 0 Å². The first kappa shape index (κ1) is 19.9. The number of aromatic nitrogens is 2. The number of carbonyl (C=O) groups excluding carboxylic acids is 1. The van der Waals surface area contributed by atoms with E-state index in [1.54, 1.807) is 24.3 Å². The molecule has 0 unspecified atom stereocenters. The van der Waals surface area contributed by atoms with Gasteiger partial charge in [0.2, 0.25) is 11.7 Å². The minimum Gasteiger partial charge on any atom is -0.483 e. The van der Waals surface area contributed by atoms with Crippen LogP contribution in [0, 0.1) is 0 Å². The lowest BCUT2D eigenvalue weighted by molar-refractivity contribution is -0.123. The Labute approximate surface area is 168 Å². The van der Waals surface area contributed by atoms with Gasteiger partial charge in [0.15, 0.2) is 6.61 Å². The summed E-state index contributed by atoms with van der Waals surface area (Å²) in [6.45, 7) is 6.34. The number of ether oxygens (including phenoxy) is 1. The maximum Gasteiger partial charge on any atom is 0.258 e. The van der Waals surface area contributed by atoms with Crippen molar-refractivity contribution in [1.82, 2.24) is 15.5 Å². The third-order valence-electron chi connectivity index (χ3n) is 4.06. The number of nitrogens with one attached hydrogen (secondary N) is 1. The molecule has 7 heteroatoms. The summed E-state index contributed by atoms with van der Waals surface area (Å²) >= 11 is 5.87. The molecular formula is C21H22ClN3O3. The van der Waals surface area contributed by atoms with Crippen molar-refractivity contribution in [2.75, 3.05) is 6.61 Å². The van der Waals surface area contributed by atoms with Gasteiger partial charge in [0.1, 0.15) is 5.75 Å². The lowest BCUT2D eigenvalue weighted by atomic mass is 9.86. The van der Waals surface area contributed by atoms with E-state index in [2.05, 4.69) is 36.2 Å². The van der Waals surface area contributed by atoms with Gasteiger partial charge >= 0.3 is 0 Å². The van der Waals surface area contributed by atoms with Gasteiger partial charge in [-0.05, 0) is 41.3 Å². The Morgan fingerprint density at radius 1 is 1.14 bits per heavy atom. The van der Waals surface area contributed by atoms with Gasteiger partial charge in [0, 0.05) is 10.6 Å². The SMILES string of the molecule is CC(C)(C)c1ccccc1OCC(=O)NCc1nc(-c2ccc(Cl)cc2)no1. The van der Waals surface area contributed by atoms with Crippen molar-refractivity contribution in [3.05, 3.63) is 65.0 Å². The van der Waals surface area contributed by atoms with Crippen LogP contribution in [0.1, 0.15) is 32.2 Å². The van der Waals surface area contributed by atoms with E-state index in [0.29, 0.717) is 22.5 Å². The molecule has 3 rings (SSSR count). The van der Waals surface area contributed by atoms with Gasteiger partial charge in [0.25, 0.3) is 5.91 Å². The highest BCUT2D eigenvalue weighted by molar-refractivity contribution is 6.30. The normalized spacial score (nSPS) is 11.3. The Morgan fingerprint density at radius 2 is 1.86 bits per heavy atom. The molecule has 1 N–H and O–H groups in total. The quantitative estimate of drug-likeness (QED) is 0.665. The molecule has 1 aromatic heterocycles. The molecule has 28 heavy (non-hydrogen) atoms. The number of amides is 1. The second-order valence-electron chi connectivity index (χ2n) is 7.33. The van der Waals surface area contributed by atoms with Crippen molar-refractivity contribution in [3.63, 3.8) is 0 Å². The van der Waals surface area contributed by atoms with Crippen molar-refractivity contribution in [3.8, 4) is 17.1 Å². The predicted octanol–water partition coefficient (Wildman–Crippen LogP) is 4.38. The molecule has 3 aromatic rings. The number of benzene rings is 2. The van der Waals surface area contributed by atoms with E-state index in [0.717, 1.165) is 11.1 Å². The van der Waals surface area contributed by atoms with Crippen LogP contribution >= 0.6 is 11.6 Å². The van der Waals surface area contributed by atoms with Gasteiger partial charge in [-0.3, -0.25) is 4.79 Å². The Morgan fingerprint density at radius 3 is 2.57 bits per heavy atom. The molecule has 0 saturated carbocycles. The summed E-state index contributed by atoms with van der Waals surface area (Å²) in [7, 11) is 0. The zero-order valence-electron chi connectivity index (χ0n) is 16.0. The smallest absolute Gasteiger partial charge is 0.258 e. The summed E-state index contributed by atoms with van der Waals surface area (Å²) < 4.78 is 10.9. The average Bonchev–Trinajstić information content (AvgIpc) is 3.14. The molecule has 0 atom stereocenters. The maximum absolute atomic E-state index is 12.1. The predicted molar refractivity (Wildman–Crippen MR) is 107 cm³/mol. The van der Waals surface area contributed by atoms with Gasteiger partial charge in [0.05, 0.1) is 6.54 Å². The van der Waals surface area contributed by atoms with Crippen LogP contribution in [0.15, 0.2) is 53.1 Å². The van der Waals surface area contributed by atoms with Gasteiger partial charge in [-0.1, -0.05) is 55.7 Å². The highest BCUT2D eigenvalue weighted by Gasteiger charge is 2.19. The molecule has 1 heterocycles. The number of rotatable bonds is 6. The first-order chi connectivity index (χ1) is 13.3. The summed E-state index contributed by atoms with van der Waals surface area (Å²) in [6.07, 6.45) is 0. The molecule has 0 aliphatic rings. The zero-order valence-corrected chi connectivity index (χ0v) is 16.8. The van der Waals surface area contributed by atoms with Gasteiger partial charge in [-0.25, -0.2) is 0 Å². The minimum absolute atomic E-state index is 0.0745. The van der Waals surface area contributed by atoms with Crippen LogP contribution in [0.2, 0.25) is 5.02 Å². The fourth-order valence-electron chi connectivity index (χ4n) is 2.62. The largest absolute Gasteiger partial charge is 0.483 e. The number of hydrogen-bond donors (Lipinski definition) is 1. The topological polar surface area (TPSA) is 77.2 Å². The fraction of sp³-hybridized carbons (Fsp3) is 0.286. The first-order valence-electron chi connectivity index (χ1n) is 8.90. The fourth-order valence-corrected chi connectivity index (χ4v) is 2.75. The van der Waals surface area contributed by atoms with E-state index in [4.69, 9.17) is 20.9 Å². The zero-order chi connectivity index (χ0) is 20.1. The molecule has 0 saturated heterocycles. The van der Waals surface area contributed by atoms with E-state index >= 15 is 0 Å². The highest BCUT2D eigenvalue weighted by atomic mass is 35.5. The Bertz CT molecular complexity index is 946. The Balaban J connectivity index is 1.54. The molecule has 0 aliphatic carbocycles. The summed E-state index contributed by atoms with van der Waals surface area (Å²) in [5.74, 6) is 1.19. The number of halogens is 1. The second-order valence-corrected chi connectivity index (χ2v) is 7.77. The molecule has 0 spiro atoms. The molecule has 6 nitrogen and oxygen atoms in total. The summed E-state index contributed by atoms with van der Waals surface area (Å²) in [5.41, 5.74) is 1.76. The molecule has 146 valence electrons. The molecule has 1 amide bonds. The number of hydrogen-bond acceptors (Lipinski definition) is 5. The molecule has 0 radical (unpaired) electrons. The Kier molecular flexibility index (Phi) is 5.99. The van der Waals surface area contributed by atoms with E-state index in [1.807, 2.05) is 24.3 Å². The van der Waals surface area contributed by atoms with Crippen LogP contribution in [0.4, 0.5) is 0 Å². The van der Waals surface area contributed by atoms with Crippen LogP contribution < -0.4 is 10.1 Å². The highest BCUT2D eigenvalue weighted by Crippen LogP contribution is 2.30. The molecule has 2 aromatic carbocycles. The van der Waals surface area contributed by atoms with E-state index in [9.17, 15) is 4.79 Å². The second kappa shape index (κ2) is 8.44. The molecule has 0 fully saturated rings. The number of para-hydroxylation sites is 1. The minimum atomic E-state index is -0.269. The van der Waals surface area contributed by atoms with Crippen molar-refractivity contribution in [2.24, 2.45) is 0 Å². The molecule has 0 bridgehead atoms. The van der Waals surface area contributed by atoms with Crippen molar-refractivity contribution >= 4 is 17.5 Å². The van der Waals surface area contributed by atoms with E-state index in [1.165, 1.54) is 0 Å². The summed E-state index contributed by atoms with van der Waals surface area (Å²) in [4.78, 5) is 16.4. The standard InChI is InChI=1S/C21H22ClN3O3/c1-21(2,3)16-6-4-5-7-17(16)27-13-18(26)23-12-19-24-20(25-28-19)14-8-10-15(22)11-9-14/h4-11H,12-13H2,1-3H3,(H,23,26). The third-order valence-corrected chi connectivity index (χ3v) is 4.31. The first-order valence-corrected chi connectivity index (χ1v) is 9.28. The third kappa shape index (κ3) is 5.10. The van der Waals surface area contributed by atoms with Crippen molar-refractivity contribution in [2.45, 2.75) is 32.7 Å². The number of nitrogens with zero attached hydrogens (tertiary/aromatic N) is 2. The lowest BCUT2D eigenvalue weighted by Gasteiger charge is -2.22. The van der Waals surface area contributed by atoms with Crippen LogP contribution in [0.25, 0.3) is 11.4 Å². The van der Waals surface area contributed by atoms with E-state index < -0.39 is 0 Å². The van der Waals surface area contributed by atoms with Crippen molar-refractivity contribution in [1.29, 1.82) is 0 Å². The summed E-state index contributed by atoms with van der Waals surface area (Å²) in [6, 6.07) is 14.8. The van der Waals surface area contributed by atoms with Crippen LogP contribution in [0.3, 0.4) is 0 Å².